The summed E-state index contributed by atoms with van der Waals surface area (Å²) < 4.78 is 84.3. The predicted molar refractivity (Wildman–Crippen MR) is 135 cm³/mol. The number of imidazole rings is 1. The van der Waals surface area contributed by atoms with Gasteiger partial charge in [0.25, 0.3) is 0 Å². The first-order valence-electron chi connectivity index (χ1n) is 11.0. The second-order valence-electron chi connectivity index (χ2n) is 7.76. The van der Waals surface area contributed by atoms with E-state index >= 15 is 0 Å². The monoisotopic (exact) mass is 566 g/mol. The summed E-state index contributed by atoms with van der Waals surface area (Å²) in [5, 5.41) is 6.53. The molecule has 0 aliphatic rings. The van der Waals surface area contributed by atoms with Crippen LogP contribution in [0.2, 0.25) is 0 Å². The Hall–Kier alpha value is -4.59. The van der Waals surface area contributed by atoms with E-state index in [2.05, 4.69) is 30.3 Å². The Morgan fingerprint density at radius 3 is 2.21 bits per heavy atom. The molecule has 202 valence electrons. The van der Waals surface area contributed by atoms with Gasteiger partial charge in [-0.05, 0) is 66.3 Å². The Morgan fingerprint density at radius 1 is 0.872 bits per heavy atom. The minimum atomic E-state index is -4.85. The van der Waals surface area contributed by atoms with E-state index in [0.29, 0.717) is 11.3 Å². The summed E-state index contributed by atoms with van der Waals surface area (Å²) in [6.45, 7) is 0. The highest BCUT2D eigenvalue weighted by Crippen LogP contribution is 2.30. The zero-order valence-electron chi connectivity index (χ0n) is 19.5. The molecule has 0 bridgehead atoms. The van der Waals surface area contributed by atoms with Crippen molar-refractivity contribution in [2.45, 2.75) is 12.7 Å². The second kappa shape index (κ2) is 11.4. The van der Waals surface area contributed by atoms with Crippen LogP contribution in [-0.2, 0) is 0 Å². The summed E-state index contributed by atoms with van der Waals surface area (Å²) in [6.07, 6.45) is -4.71. The van der Waals surface area contributed by atoms with Crippen molar-refractivity contribution in [3.8, 4) is 28.4 Å². The lowest BCUT2D eigenvalue weighted by atomic mass is 10.1. The van der Waals surface area contributed by atoms with Gasteiger partial charge in [-0.25, -0.2) is 9.55 Å². The van der Waals surface area contributed by atoms with E-state index in [9.17, 15) is 26.3 Å². The fourth-order valence-corrected chi connectivity index (χ4v) is 3.49. The maximum atomic E-state index is 12.6. The molecule has 0 atom stereocenters. The molecule has 0 radical (unpaired) electrons. The van der Waals surface area contributed by atoms with Gasteiger partial charge in [-0.15, -0.1) is 26.3 Å². The highest BCUT2D eigenvalue weighted by Gasteiger charge is 2.32. The molecule has 7 nitrogen and oxygen atoms in total. The van der Waals surface area contributed by atoms with Crippen molar-refractivity contribution >= 4 is 29.2 Å². The van der Waals surface area contributed by atoms with Crippen LogP contribution in [0.4, 0.5) is 32.0 Å². The molecule has 0 aliphatic heterocycles. The molecule has 3 N–H and O–H groups in total. The zero-order chi connectivity index (χ0) is 28.0. The number of benzene rings is 3. The number of halogens is 6. The number of aromatic nitrogens is 2. The van der Waals surface area contributed by atoms with Crippen molar-refractivity contribution in [2.24, 2.45) is 5.10 Å². The summed E-state index contributed by atoms with van der Waals surface area (Å²) in [7, 11) is 0. The molecule has 0 unspecified atom stereocenters. The molecule has 1 heterocycles. The molecule has 1 aromatic heterocycles. The fraction of sp³-hybridized carbons (Fsp3) is 0.0800. The summed E-state index contributed by atoms with van der Waals surface area (Å²) >= 11 is 5.07. The first-order valence-corrected chi connectivity index (χ1v) is 11.4. The molecule has 0 amide bonds. The second-order valence-corrected chi connectivity index (χ2v) is 8.16. The number of nitrogens with zero attached hydrogens (tertiary/aromatic N) is 2. The first-order chi connectivity index (χ1) is 18.4. The molecule has 0 saturated carbocycles. The number of rotatable bonds is 7. The number of thiocarbonyl (C=S) groups is 1. The molecule has 4 rings (SSSR count). The van der Waals surface area contributed by atoms with Gasteiger partial charge in [-0.1, -0.05) is 24.3 Å². The van der Waals surface area contributed by atoms with Crippen LogP contribution in [0.15, 0.2) is 90.4 Å². The lowest BCUT2D eigenvalue weighted by molar-refractivity contribution is -0.593. The fourth-order valence-electron chi connectivity index (χ4n) is 3.33. The lowest BCUT2D eigenvalue weighted by Gasteiger charge is -2.14. The first kappa shape index (κ1) is 27.4. The van der Waals surface area contributed by atoms with Gasteiger partial charge < -0.3 is 14.8 Å². The molecular formula is C25H18F6N5O2S+. The van der Waals surface area contributed by atoms with Gasteiger partial charge in [0.15, 0.2) is 16.6 Å². The highest BCUT2D eigenvalue weighted by atomic mass is 32.1. The van der Waals surface area contributed by atoms with Gasteiger partial charge in [-0.2, -0.15) is 5.10 Å². The molecular weight excluding hydrogens is 548 g/mol. The minimum absolute atomic E-state index is 0.0145. The molecule has 39 heavy (non-hydrogen) atoms. The van der Waals surface area contributed by atoms with Crippen molar-refractivity contribution in [3.05, 3.63) is 90.9 Å². The highest BCUT2D eigenvalue weighted by molar-refractivity contribution is 7.80. The summed E-state index contributed by atoms with van der Waals surface area (Å²) in [5.74, 6) is -0.752. The third-order valence-electron chi connectivity index (χ3n) is 4.96. The quantitative estimate of drug-likeness (QED) is 0.0832. The van der Waals surface area contributed by atoms with Crippen LogP contribution < -0.4 is 24.8 Å². The Kier molecular flexibility index (Phi) is 8.04. The average Bonchev–Trinajstić information content (AvgIpc) is 3.35. The number of aromatic amines is 1. The summed E-state index contributed by atoms with van der Waals surface area (Å²) in [6, 6.07) is 18.1. The van der Waals surface area contributed by atoms with Crippen molar-refractivity contribution < 1.29 is 40.4 Å². The molecule has 0 spiro atoms. The van der Waals surface area contributed by atoms with Crippen LogP contribution in [0.1, 0.15) is 5.56 Å². The minimum Gasteiger partial charge on any atom is -0.406 e. The van der Waals surface area contributed by atoms with Gasteiger partial charge in [0.05, 0.1) is 11.9 Å². The molecule has 14 heteroatoms. The van der Waals surface area contributed by atoms with E-state index in [4.69, 9.17) is 12.2 Å². The van der Waals surface area contributed by atoms with Crippen molar-refractivity contribution in [3.63, 3.8) is 0 Å². The standard InChI is InChI=1S/C25H17F6N5O2S/c26-24(27,28)37-19-11-9-18(10-12-19)36-14-21(32-15-36)17-7-5-16(6-8-17)13-33-35-23(39)34-20-3-1-2-4-22(20)38-25(29,30)31/h1-15H,(H2,34,35,39)/p+1. The van der Waals surface area contributed by atoms with E-state index in [1.54, 1.807) is 29.2 Å². The van der Waals surface area contributed by atoms with Gasteiger partial charge >= 0.3 is 12.7 Å². The Morgan fingerprint density at radius 2 is 1.54 bits per heavy atom. The van der Waals surface area contributed by atoms with E-state index in [1.165, 1.54) is 48.7 Å². The number of H-pyrrole nitrogens is 1. The van der Waals surface area contributed by atoms with Gasteiger partial charge in [0.1, 0.15) is 17.6 Å². The van der Waals surface area contributed by atoms with Crippen LogP contribution in [-0.4, -0.2) is 29.0 Å². The smallest absolute Gasteiger partial charge is 0.406 e. The van der Waals surface area contributed by atoms with Crippen LogP contribution in [0, 0.1) is 0 Å². The Bertz CT molecular complexity index is 1450. The molecule has 0 fully saturated rings. The van der Waals surface area contributed by atoms with Crippen LogP contribution in [0.3, 0.4) is 0 Å². The maximum absolute atomic E-state index is 12.6. The number of hydrogen-bond acceptors (Lipinski definition) is 4. The number of hydrazone groups is 1. The largest absolute Gasteiger partial charge is 0.573 e. The molecule has 4 aromatic rings. The van der Waals surface area contributed by atoms with E-state index in [1.807, 2.05) is 12.1 Å². The Balaban J connectivity index is 1.34. The number of alkyl halides is 6. The van der Waals surface area contributed by atoms with E-state index < -0.39 is 18.5 Å². The average molecular weight is 567 g/mol. The van der Waals surface area contributed by atoms with E-state index in [-0.39, 0.29) is 16.5 Å². The SMILES string of the molecule is FC(F)(F)Oc1ccc(-[n+]2c[nH]c(-c3ccc(C=NNC(=S)Nc4ccccc4OC(F)(F)F)cc3)c2)cc1. The van der Waals surface area contributed by atoms with Gasteiger partial charge in [0, 0.05) is 5.56 Å². The third-order valence-corrected chi connectivity index (χ3v) is 5.15. The van der Waals surface area contributed by atoms with Gasteiger partial charge in [0.2, 0.25) is 6.33 Å². The zero-order valence-corrected chi connectivity index (χ0v) is 20.4. The normalized spacial score (nSPS) is 11.8. The lowest BCUT2D eigenvalue weighted by Crippen LogP contribution is -2.26. The number of nitrogens with one attached hydrogen (secondary N) is 3. The van der Waals surface area contributed by atoms with Crippen molar-refractivity contribution in [1.82, 2.24) is 10.4 Å². The number of ether oxygens (including phenoxy) is 2. The van der Waals surface area contributed by atoms with Crippen molar-refractivity contribution in [2.75, 3.05) is 5.32 Å². The Labute approximate surface area is 222 Å². The van der Waals surface area contributed by atoms with Crippen LogP contribution in [0.25, 0.3) is 16.9 Å². The maximum Gasteiger partial charge on any atom is 0.573 e. The molecule has 0 saturated heterocycles. The summed E-state index contributed by atoms with van der Waals surface area (Å²) in [5.41, 5.74) is 5.44. The van der Waals surface area contributed by atoms with Crippen LogP contribution >= 0.6 is 12.2 Å². The molecule has 3 aromatic carbocycles. The van der Waals surface area contributed by atoms with Crippen molar-refractivity contribution in [1.29, 1.82) is 0 Å². The van der Waals surface area contributed by atoms with E-state index in [0.717, 1.165) is 17.3 Å². The van der Waals surface area contributed by atoms with Crippen LogP contribution in [0.5, 0.6) is 11.5 Å². The number of anilines is 1. The number of para-hydroxylation sites is 2. The predicted octanol–water partition coefficient (Wildman–Crippen LogP) is 6.08. The number of hydrogen-bond donors (Lipinski definition) is 3. The third kappa shape index (κ3) is 8.20. The van der Waals surface area contributed by atoms with Gasteiger partial charge in [-0.3, -0.25) is 5.43 Å². The molecule has 0 aliphatic carbocycles. The summed E-state index contributed by atoms with van der Waals surface area (Å²) in [4.78, 5) is 3.09. The topological polar surface area (TPSA) is 74.5 Å².